The fourth-order valence-corrected chi connectivity index (χ4v) is 3.39. The molecule has 0 aliphatic heterocycles. The Morgan fingerprint density at radius 1 is 1.32 bits per heavy atom. The number of nitrogens with zero attached hydrogens (tertiary/aromatic N) is 4. The molecule has 7 nitrogen and oxygen atoms in total. The number of aromatic nitrogens is 4. The molecule has 2 aromatic heterocycles. The summed E-state index contributed by atoms with van der Waals surface area (Å²) in [5, 5.41) is 10.5. The number of carbonyl (C=O) groups is 1. The van der Waals surface area contributed by atoms with E-state index >= 15 is 0 Å². The highest BCUT2D eigenvalue weighted by molar-refractivity contribution is 5.88. The fourth-order valence-electron chi connectivity index (χ4n) is 3.39. The number of aryl methyl sites for hydroxylation is 1. The topological polar surface area (TPSA) is 84.7 Å². The van der Waals surface area contributed by atoms with Gasteiger partial charge in [0.15, 0.2) is 0 Å². The molecule has 1 saturated carbocycles. The average molecular weight is 342 g/mol. The zero-order valence-electron chi connectivity index (χ0n) is 14.9. The van der Waals surface area contributed by atoms with Crippen molar-refractivity contribution in [3.63, 3.8) is 0 Å². The highest BCUT2D eigenvalue weighted by Gasteiger charge is 2.20. The molecule has 0 saturated heterocycles. The Bertz CT molecular complexity index is 693. The SMILES string of the molecule is Cc1cc(NC(=O)N[C@@H](C)Cc2cnccn2)n(C2CCCCC2)n1. The first-order chi connectivity index (χ1) is 12.1. The van der Waals surface area contributed by atoms with E-state index in [0.717, 1.165) is 30.0 Å². The third-order valence-electron chi connectivity index (χ3n) is 4.53. The van der Waals surface area contributed by atoms with Crippen molar-refractivity contribution in [3.05, 3.63) is 36.0 Å². The maximum Gasteiger partial charge on any atom is 0.320 e. The summed E-state index contributed by atoms with van der Waals surface area (Å²) < 4.78 is 1.99. The van der Waals surface area contributed by atoms with Gasteiger partial charge >= 0.3 is 6.03 Å². The molecule has 134 valence electrons. The first kappa shape index (κ1) is 17.4. The molecule has 2 heterocycles. The van der Waals surface area contributed by atoms with Crippen LogP contribution in [0.2, 0.25) is 0 Å². The van der Waals surface area contributed by atoms with Crippen molar-refractivity contribution in [2.75, 3.05) is 5.32 Å². The highest BCUT2D eigenvalue weighted by Crippen LogP contribution is 2.30. The van der Waals surface area contributed by atoms with Gasteiger partial charge in [0.2, 0.25) is 0 Å². The average Bonchev–Trinajstić information content (AvgIpc) is 2.96. The van der Waals surface area contributed by atoms with E-state index < -0.39 is 0 Å². The Morgan fingerprint density at radius 3 is 2.84 bits per heavy atom. The van der Waals surface area contributed by atoms with Gasteiger partial charge in [-0.05, 0) is 26.7 Å². The molecule has 0 spiro atoms. The molecule has 3 rings (SSSR count). The highest BCUT2D eigenvalue weighted by atomic mass is 16.2. The number of nitrogens with one attached hydrogen (secondary N) is 2. The lowest BCUT2D eigenvalue weighted by molar-refractivity contribution is 0.248. The molecule has 0 radical (unpaired) electrons. The molecule has 1 atom stereocenters. The van der Waals surface area contributed by atoms with Gasteiger partial charge in [0.25, 0.3) is 0 Å². The minimum atomic E-state index is -0.214. The first-order valence-corrected chi connectivity index (χ1v) is 9.00. The van der Waals surface area contributed by atoms with Crippen molar-refractivity contribution in [1.82, 2.24) is 25.1 Å². The normalized spacial score (nSPS) is 16.4. The Labute approximate surface area is 148 Å². The number of hydrogen-bond acceptors (Lipinski definition) is 4. The Morgan fingerprint density at radius 2 is 2.12 bits per heavy atom. The van der Waals surface area contributed by atoms with Crippen LogP contribution in [0, 0.1) is 6.92 Å². The van der Waals surface area contributed by atoms with Crippen LogP contribution in [-0.2, 0) is 6.42 Å². The quantitative estimate of drug-likeness (QED) is 0.873. The van der Waals surface area contributed by atoms with E-state index in [-0.39, 0.29) is 12.1 Å². The summed E-state index contributed by atoms with van der Waals surface area (Å²) >= 11 is 0. The van der Waals surface area contributed by atoms with Gasteiger partial charge in [0.05, 0.1) is 17.4 Å². The molecule has 25 heavy (non-hydrogen) atoms. The van der Waals surface area contributed by atoms with Crippen molar-refractivity contribution in [2.24, 2.45) is 0 Å². The van der Waals surface area contributed by atoms with E-state index in [0.29, 0.717) is 12.5 Å². The van der Waals surface area contributed by atoms with E-state index in [4.69, 9.17) is 0 Å². The summed E-state index contributed by atoms with van der Waals surface area (Å²) in [6, 6.07) is 2.06. The zero-order chi connectivity index (χ0) is 17.6. The van der Waals surface area contributed by atoms with E-state index in [2.05, 4.69) is 25.7 Å². The smallest absolute Gasteiger partial charge is 0.320 e. The largest absolute Gasteiger partial charge is 0.335 e. The summed E-state index contributed by atoms with van der Waals surface area (Å²) in [5.74, 6) is 0.772. The second kappa shape index (κ2) is 8.09. The van der Waals surface area contributed by atoms with Crippen LogP contribution >= 0.6 is 0 Å². The standard InChI is InChI=1S/C18H26N6O/c1-13(10-15-12-19-8-9-20-15)21-18(25)22-17-11-14(2)23-24(17)16-6-4-3-5-7-16/h8-9,11-13,16H,3-7,10H2,1-2H3,(H2,21,22,25)/t13-/m0/s1. The molecule has 1 aliphatic carbocycles. The van der Waals surface area contributed by atoms with E-state index in [1.54, 1.807) is 18.6 Å². The van der Waals surface area contributed by atoms with Gasteiger partial charge in [-0.3, -0.25) is 15.3 Å². The maximum atomic E-state index is 12.4. The molecule has 7 heteroatoms. The zero-order valence-corrected chi connectivity index (χ0v) is 14.9. The van der Waals surface area contributed by atoms with Gasteiger partial charge in [-0.15, -0.1) is 0 Å². The van der Waals surface area contributed by atoms with E-state index in [9.17, 15) is 4.79 Å². The van der Waals surface area contributed by atoms with Crippen LogP contribution in [0.3, 0.4) is 0 Å². The van der Waals surface area contributed by atoms with Crippen molar-refractivity contribution in [3.8, 4) is 0 Å². The third kappa shape index (κ3) is 4.78. The fraction of sp³-hybridized carbons (Fsp3) is 0.556. The predicted molar refractivity (Wildman–Crippen MR) is 96.4 cm³/mol. The predicted octanol–water partition coefficient (Wildman–Crippen LogP) is 3.24. The minimum absolute atomic E-state index is 0.0381. The first-order valence-electron chi connectivity index (χ1n) is 9.00. The van der Waals surface area contributed by atoms with Crippen LogP contribution < -0.4 is 10.6 Å². The second-order valence-corrected chi connectivity index (χ2v) is 6.81. The number of anilines is 1. The number of hydrogen-bond donors (Lipinski definition) is 2. The molecule has 0 bridgehead atoms. The van der Waals surface area contributed by atoms with Crippen molar-refractivity contribution < 1.29 is 4.79 Å². The second-order valence-electron chi connectivity index (χ2n) is 6.81. The van der Waals surface area contributed by atoms with E-state index in [1.807, 2.05) is 24.6 Å². The van der Waals surface area contributed by atoms with Gasteiger partial charge in [-0.1, -0.05) is 19.3 Å². The van der Waals surface area contributed by atoms with Crippen LogP contribution in [0.15, 0.2) is 24.7 Å². The lowest BCUT2D eigenvalue weighted by atomic mass is 9.96. The number of rotatable bonds is 5. The molecule has 2 amide bonds. The minimum Gasteiger partial charge on any atom is -0.335 e. The molecule has 1 fully saturated rings. The van der Waals surface area contributed by atoms with E-state index in [1.165, 1.54) is 19.3 Å². The number of amides is 2. The van der Waals surface area contributed by atoms with Gasteiger partial charge < -0.3 is 5.32 Å². The summed E-state index contributed by atoms with van der Waals surface area (Å²) in [6.07, 6.45) is 11.7. The number of carbonyl (C=O) groups excluding carboxylic acids is 1. The Hall–Kier alpha value is -2.44. The summed E-state index contributed by atoms with van der Waals surface area (Å²) in [5.41, 5.74) is 1.78. The van der Waals surface area contributed by atoms with Gasteiger partial charge in [-0.2, -0.15) is 5.10 Å². The van der Waals surface area contributed by atoms with Crippen molar-refractivity contribution in [1.29, 1.82) is 0 Å². The Balaban J connectivity index is 1.59. The van der Waals surface area contributed by atoms with Crippen molar-refractivity contribution >= 4 is 11.8 Å². The monoisotopic (exact) mass is 342 g/mol. The third-order valence-corrected chi connectivity index (χ3v) is 4.53. The molecule has 1 aliphatic rings. The molecule has 2 N–H and O–H groups in total. The van der Waals surface area contributed by atoms with Gasteiger partial charge in [0, 0.05) is 37.1 Å². The molecular weight excluding hydrogens is 316 g/mol. The van der Waals surface area contributed by atoms with Crippen LogP contribution in [0.5, 0.6) is 0 Å². The number of urea groups is 1. The van der Waals surface area contributed by atoms with Crippen molar-refractivity contribution in [2.45, 2.75) is 64.5 Å². The lowest BCUT2D eigenvalue weighted by Gasteiger charge is -2.24. The lowest BCUT2D eigenvalue weighted by Crippen LogP contribution is -2.38. The molecule has 0 aromatic carbocycles. The van der Waals surface area contributed by atoms with Gasteiger partial charge in [0.1, 0.15) is 5.82 Å². The Kier molecular flexibility index (Phi) is 5.63. The summed E-state index contributed by atoms with van der Waals surface area (Å²) in [6.45, 7) is 3.91. The molecular formula is C18H26N6O. The van der Waals surface area contributed by atoms with Crippen LogP contribution in [0.1, 0.15) is 56.5 Å². The van der Waals surface area contributed by atoms with Gasteiger partial charge in [-0.25, -0.2) is 9.48 Å². The van der Waals surface area contributed by atoms with Crippen LogP contribution in [0.25, 0.3) is 0 Å². The summed E-state index contributed by atoms with van der Waals surface area (Å²) in [7, 11) is 0. The molecule has 2 aromatic rings. The van der Waals surface area contributed by atoms with Crippen LogP contribution in [0.4, 0.5) is 10.6 Å². The summed E-state index contributed by atoms with van der Waals surface area (Å²) in [4.78, 5) is 20.6. The maximum absolute atomic E-state index is 12.4. The van der Waals surface area contributed by atoms with Crippen LogP contribution in [-0.4, -0.2) is 31.8 Å². The molecule has 0 unspecified atom stereocenters.